The van der Waals surface area contributed by atoms with E-state index in [1.807, 2.05) is 0 Å². The molecule has 1 aromatic carbocycles. The second-order valence-electron chi connectivity index (χ2n) is 5.33. The largest absolute Gasteiger partial charge is 0.416 e. The maximum absolute atomic E-state index is 12.7. The molecular formula is C15H13F3N4O2S. The van der Waals surface area contributed by atoms with Crippen LogP contribution in [0.1, 0.15) is 11.3 Å². The molecule has 0 radical (unpaired) electrons. The van der Waals surface area contributed by atoms with Gasteiger partial charge in [0.15, 0.2) is 0 Å². The van der Waals surface area contributed by atoms with E-state index in [9.17, 15) is 22.8 Å². The zero-order chi connectivity index (χ0) is 18.2. The highest BCUT2D eigenvalue weighted by molar-refractivity contribution is 7.07. The van der Waals surface area contributed by atoms with Crippen LogP contribution in [0.4, 0.5) is 13.2 Å². The van der Waals surface area contributed by atoms with Crippen molar-refractivity contribution in [3.63, 3.8) is 0 Å². The number of aromatic nitrogens is 4. The van der Waals surface area contributed by atoms with Gasteiger partial charge in [-0.05, 0) is 31.2 Å². The SMILES string of the molecule is Cc1csc(=O)n1CCn1c(=O)ncn1-c1ccc(C(F)(F)F)cc1. The lowest BCUT2D eigenvalue weighted by Crippen LogP contribution is -2.27. The molecule has 0 fully saturated rings. The van der Waals surface area contributed by atoms with Crippen molar-refractivity contribution in [1.82, 2.24) is 18.9 Å². The van der Waals surface area contributed by atoms with Crippen LogP contribution in [0, 0.1) is 6.92 Å². The zero-order valence-corrected chi connectivity index (χ0v) is 13.8. The molecule has 0 atom stereocenters. The Bertz CT molecular complexity index is 995. The smallest absolute Gasteiger partial charge is 0.301 e. The van der Waals surface area contributed by atoms with Crippen molar-refractivity contribution in [2.45, 2.75) is 26.2 Å². The van der Waals surface area contributed by atoms with Gasteiger partial charge in [0.1, 0.15) is 6.33 Å². The van der Waals surface area contributed by atoms with E-state index in [0.717, 1.165) is 29.2 Å². The van der Waals surface area contributed by atoms with Gasteiger partial charge in [0.05, 0.1) is 17.8 Å². The minimum Gasteiger partial charge on any atom is -0.301 e. The molecule has 2 aromatic heterocycles. The van der Waals surface area contributed by atoms with Crippen LogP contribution in [-0.4, -0.2) is 18.9 Å². The van der Waals surface area contributed by atoms with E-state index >= 15 is 0 Å². The third kappa shape index (κ3) is 3.43. The van der Waals surface area contributed by atoms with Gasteiger partial charge in [0.2, 0.25) is 0 Å². The standard InChI is InChI=1S/C15H13F3N4O2S/c1-10-8-25-14(24)20(10)6-7-21-13(23)19-9-22(21)12-4-2-11(3-5-12)15(16,17)18/h2-5,8-9H,6-7H2,1H3. The highest BCUT2D eigenvalue weighted by atomic mass is 32.1. The molecule has 0 spiro atoms. The highest BCUT2D eigenvalue weighted by Gasteiger charge is 2.30. The van der Waals surface area contributed by atoms with Crippen molar-refractivity contribution >= 4 is 11.3 Å². The molecule has 0 aliphatic carbocycles. The molecule has 0 aliphatic rings. The van der Waals surface area contributed by atoms with Crippen LogP contribution in [0.25, 0.3) is 5.69 Å². The van der Waals surface area contributed by atoms with E-state index in [4.69, 9.17) is 0 Å². The van der Waals surface area contributed by atoms with Crippen molar-refractivity contribution in [2.75, 3.05) is 0 Å². The summed E-state index contributed by atoms with van der Waals surface area (Å²) in [6, 6.07) is 4.42. The molecule has 0 saturated heterocycles. The number of thiazole rings is 1. The summed E-state index contributed by atoms with van der Waals surface area (Å²) in [5, 5.41) is 1.72. The lowest BCUT2D eigenvalue weighted by Gasteiger charge is -2.12. The minimum absolute atomic E-state index is 0.133. The Kier molecular flexibility index (Phi) is 4.38. The van der Waals surface area contributed by atoms with Gasteiger partial charge >= 0.3 is 16.7 Å². The third-order valence-corrected chi connectivity index (χ3v) is 4.61. The fourth-order valence-corrected chi connectivity index (χ4v) is 3.17. The van der Waals surface area contributed by atoms with Crippen LogP contribution >= 0.6 is 11.3 Å². The molecule has 3 rings (SSSR count). The number of nitrogens with zero attached hydrogens (tertiary/aromatic N) is 4. The van der Waals surface area contributed by atoms with Gasteiger partial charge in [-0.1, -0.05) is 11.3 Å². The number of hydrogen-bond donors (Lipinski definition) is 0. The van der Waals surface area contributed by atoms with E-state index in [-0.39, 0.29) is 18.0 Å². The summed E-state index contributed by atoms with van der Waals surface area (Å²) in [6.07, 6.45) is -3.18. The summed E-state index contributed by atoms with van der Waals surface area (Å²) in [7, 11) is 0. The second-order valence-corrected chi connectivity index (χ2v) is 6.15. The third-order valence-electron chi connectivity index (χ3n) is 3.73. The summed E-state index contributed by atoms with van der Waals surface area (Å²) in [6.45, 7) is 2.21. The van der Waals surface area contributed by atoms with E-state index < -0.39 is 17.4 Å². The average Bonchev–Trinajstić information content (AvgIpc) is 3.08. The van der Waals surface area contributed by atoms with Crippen LogP contribution in [0.5, 0.6) is 0 Å². The van der Waals surface area contributed by atoms with E-state index in [2.05, 4.69) is 4.98 Å². The Labute approximate surface area is 143 Å². The molecule has 132 valence electrons. The summed E-state index contributed by atoms with van der Waals surface area (Å²) in [4.78, 5) is 27.2. The Morgan fingerprint density at radius 3 is 2.36 bits per heavy atom. The molecule has 25 heavy (non-hydrogen) atoms. The van der Waals surface area contributed by atoms with Gasteiger partial charge in [-0.15, -0.1) is 0 Å². The van der Waals surface area contributed by atoms with Gasteiger partial charge in [0, 0.05) is 17.6 Å². The number of alkyl halides is 3. The molecule has 6 nitrogen and oxygen atoms in total. The van der Waals surface area contributed by atoms with Crippen molar-refractivity contribution in [3.05, 3.63) is 67.4 Å². The minimum atomic E-state index is -4.43. The van der Waals surface area contributed by atoms with Gasteiger partial charge in [-0.3, -0.25) is 4.79 Å². The van der Waals surface area contributed by atoms with E-state index in [1.165, 1.54) is 32.4 Å². The number of halogens is 3. The van der Waals surface area contributed by atoms with Crippen LogP contribution < -0.4 is 10.6 Å². The Morgan fingerprint density at radius 2 is 1.80 bits per heavy atom. The molecule has 0 aliphatic heterocycles. The molecule has 2 heterocycles. The number of benzene rings is 1. The maximum atomic E-state index is 12.7. The van der Waals surface area contributed by atoms with Crippen molar-refractivity contribution < 1.29 is 13.2 Å². The van der Waals surface area contributed by atoms with Crippen molar-refractivity contribution in [2.24, 2.45) is 0 Å². The molecular weight excluding hydrogens is 357 g/mol. The van der Waals surface area contributed by atoms with Gasteiger partial charge < -0.3 is 4.57 Å². The lowest BCUT2D eigenvalue weighted by molar-refractivity contribution is -0.137. The molecule has 0 bridgehead atoms. The van der Waals surface area contributed by atoms with E-state index in [1.54, 1.807) is 12.3 Å². The molecule has 10 heteroatoms. The quantitative estimate of drug-likeness (QED) is 0.708. The van der Waals surface area contributed by atoms with Gasteiger partial charge in [-0.2, -0.15) is 18.2 Å². The Balaban J connectivity index is 1.89. The molecule has 0 saturated carbocycles. The normalized spacial score (nSPS) is 11.8. The first-order valence-corrected chi connectivity index (χ1v) is 8.12. The summed E-state index contributed by atoms with van der Waals surface area (Å²) < 4.78 is 42.1. The summed E-state index contributed by atoms with van der Waals surface area (Å²) >= 11 is 1.07. The zero-order valence-electron chi connectivity index (χ0n) is 13.0. The molecule has 3 aromatic rings. The van der Waals surface area contributed by atoms with Crippen molar-refractivity contribution in [1.29, 1.82) is 0 Å². The van der Waals surface area contributed by atoms with Crippen LogP contribution in [-0.2, 0) is 19.3 Å². The lowest BCUT2D eigenvalue weighted by atomic mass is 10.2. The predicted octanol–water partition coefficient (Wildman–Crippen LogP) is 2.28. The van der Waals surface area contributed by atoms with Crippen molar-refractivity contribution in [3.8, 4) is 5.69 Å². The summed E-state index contributed by atoms with van der Waals surface area (Å²) in [5.41, 5.74) is -0.160. The van der Waals surface area contributed by atoms with Crippen LogP contribution in [0.3, 0.4) is 0 Å². The number of aryl methyl sites for hydroxylation is 1. The Hall–Kier alpha value is -2.62. The van der Waals surface area contributed by atoms with Crippen LogP contribution in [0.2, 0.25) is 0 Å². The number of rotatable bonds is 4. The predicted molar refractivity (Wildman–Crippen MR) is 86.1 cm³/mol. The number of hydrogen-bond acceptors (Lipinski definition) is 4. The second kappa shape index (κ2) is 6.36. The van der Waals surface area contributed by atoms with Gasteiger partial charge in [-0.25, -0.2) is 14.2 Å². The molecule has 0 N–H and O–H groups in total. The maximum Gasteiger partial charge on any atom is 0.416 e. The average molecular weight is 370 g/mol. The highest BCUT2D eigenvalue weighted by Crippen LogP contribution is 2.29. The molecule has 0 amide bonds. The van der Waals surface area contributed by atoms with Gasteiger partial charge in [0.25, 0.3) is 0 Å². The molecule has 0 unspecified atom stereocenters. The first-order valence-electron chi connectivity index (χ1n) is 7.24. The summed E-state index contributed by atoms with van der Waals surface area (Å²) in [5.74, 6) is 0. The fourth-order valence-electron chi connectivity index (χ4n) is 2.41. The first kappa shape index (κ1) is 17.2. The topological polar surface area (TPSA) is 61.8 Å². The first-order chi connectivity index (χ1) is 11.8. The monoisotopic (exact) mass is 370 g/mol. The van der Waals surface area contributed by atoms with Crippen LogP contribution in [0.15, 0.2) is 45.6 Å². The fraction of sp³-hybridized carbons (Fsp3) is 0.267. The Morgan fingerprint density at radius 1 is 1.12 bits per heavy atom. The van der Waals surface area contributed by atoms with E-state index in [0.29, 0.717) is 5.69 Å².